The standard InChI is InChI=1S/C18H19N3O4S/c1-11(2)13-4-6-14(7-5-13)17-19-15(25-20-17)9-24-16(22)8-21-12(3)10-26-18(21)23/h4-7,10-11H,8-9H2,1-3H3. The molecule has 0 aliphatic heterocycles. The molecule has 7 nitrogen and oxygen atoms in total. The Bertz CT molecular complexity index is 953. The highest BCUT2D eigenvalue weighted by Crippen LogP contribution is 2.20. The minimum absolute atomic E-state index is 0.131. The molecule has 136 valence electrons. The van der Waals surface area contributed by atoms with E-state index in [-0.39, 0.29) is 23.9 Å². The lowest BCUT2D eigenvalue weighted by atomic mass is 10.0. The van der Waals surface area contributed by atoms with Crippen molar-refractivity contribution in [1.82, 2.24) is 14.7 Å². The number of hydrogen-bond donors (Lipinski definition) is 0. The summed E-state index contributed by atoms with van der Waals surface area (Å²) in [5, 5.41) is 5.61. The van der Waals surface area contributed by atoms with Crippen LogP contribution >= 0.6 is 11.3 Å². The zero-order valence-electron chi connectivity index (χ0n) is 14.8. The number of benzene rings is 1. The first-order valence-electron chi connectivity index (χ1n) is 8.17. The van der Waals surface area contributed by atoms with Gasteiger partial charge in [0.05, 0.1) is 0 Å². The molecule has 0 fully saturated rings. The lowest BCUT2D eigenvalue weighted by molar-refractivity contribution is -0.146. The SMILES string of the molecule is Cc1csc(=O)n1CC(=O)OCc1nc(-c2ccc(C(C)C)cc2)no1. The van der Waals surface area contributed by atoms with Gasteiger partial charge in [-0.15, -0.1) is 0 Å². The Labute approximate surface area is 154 Å². The summed E-state index contributed by atoms with van der Waals surface area (Å²) in [6.07, 6.45) is 0. The van der Waals surface area contributed by atoms with Crippen LogP contribution in [0.15, 0.2) is 39.0 Å². The van der Waals surface area contributed by atoms with Gasteiger partial charge in [-0.1, -0.05) is 54.6 Å². The van der Waals surface area contributed by atoms with Gasteiger partial charge in [-0.05, 0) is 18.4 Å². The second-order valence-corrected chi connectivity index (χ2v) is 7.00. The lowest BCUT2D eigenvalue weighted by Crippen LogP contribution is -2.22. The van der Waals surface area contributed by atoms with Crippen molar-refractivity contribution in [2.75, 3.05) is 0 Å². The van der Waals surface area contributed by atoms with E-state index in [1.165, 1.54) is 10.1 Å². The smallest absolute Gasteiger partial charge is 0.326 e. The molecule has 26 heavy (non-hydrogen) atoms. The summed E-state index contributed by atoms with van der Waals surface area (Å²) >= 11 is 1.05. The number of esters is 1. The van der Waals surface area contributed by atoms with E-state index in [1.54, 1.807) is 12.3 Å². The van der Waals surface area contributed by atoms with Gasteiger partial charge in [-0.2, -0.15) is 4.98 Å². The van der Waals surface area contributed by atoms with Crippen molar-refractivity contribution in [3.63, 3.8) is 0 Å². The minimum atomic E-state index is -0.533. The van der Waals surface area contributed by atoms with Gasteiger partial charge in [0.2, 0.25) is 5.82 Å². The Hall–Kier alpha value is -2.74. The monoisotopic (exact) mass is 373 g/mol. The first-order valence-corrected chi connectivity index (χ1v) is 9.05. The molecule has 0 saturated carbocycles. The third-order valence-corrected chi connectivity index (χ3v) is 4.80. The number of ether oxygens (including phenoxy) is 1. The number of rotatable bonds is 6. The molecule has 0 saturated heterocycles. The van der Waals surface area contributed by atoms with Crippen molar-refractivity contribution < 1.29 is 14.1 Å². The molecule has 0 aliphatic rings. The maximum absolute atomic E-state index is 11.9. The maximum atomic E-state index is 11.9. The molecule has 8 heteroatoms. The Balaban J connectivity index is 1.60. The van der Waals surface area contributed by atoms with E-state index in [0.29, 0.717) is 11.7 Å². The van der Waals surface area contributed by atoms with Gasteiger partial charge < -0.3 is 9.26 Å². The van der Waals surface area contributed by atoms with Crippen LogP contribution in [0.25, 0.3) is 11.4 Å². The predicted octanol–water partition coefficient (Wildman–Crippen LogP) is 3.14. The summed E-state index contributed by atoms with van der Waals surface area (Å²) in [6.45, 7) is 5.75. The van der Waals surface area contributed by atoms with Gasteiger partial charge in [-0.25, -0.2) is 0 Å². The van der Waals surface area contributed by atoms with Crippen LogP contribution in [-0.4, -0.2) is 20.7 Å². The van der Waals surface area contributed by atoms with Crippen molar-refractivity contribution >= 4 is 17.3 Å². The van der Waals surface area contributed by atoms with E-state index >= 15 is 0 Å². The number of aryl methyl sites for hydroxylation is 1. The molecule has 0 atom stereocenters. The van der Waals surface area contributed by atoms with Crippen molar-refractivity contribution in [1.29, 1.82) is 0 Å². The fourth-order valence-electron chi connectivity index (χ4n) is 2.36. The first kappa shape index (κ1) is 18.1. The molecule has 2 aromatic heterocycles. The zero-order valence-corrected chi connectivity index (χ0v) is 15.6. The number of carbonyl (C=O) groups excluding carboxylic acids is 1. The Morgan fingerprint density at radius 1 is 1.31 bits per heavy atom. The van der Waals surface area contributed by atoms with E-state index in [1.807, 2.05) is 24.3 Å². The molecule has 0 spiro atoms. The van der Waals surface area contributed by atoms with E-state index < -0.39 is 5.97 Å². The third-order valence-electron chi connectivity index (χ3n) is 3.92. The first-order chi connectivity index (χ1) is 12.4. The summed E-state index contributed by atoms with van der Waals surface area (Å²) in [5.41, 5.74) is 2.78. The largest absolute Gasteiger partial charge is 0.454 e. The summed E-state index contributed by atoms with van der Waals surface area (Å²) in [4.78, 5) is 27.6. The molecule has 3 aromatic rings. The molecule has 1 aromatic carbocycles. The van der Waals surface area contributed by atoms with Gasteiger partial charge in [-0.3, -0.25) is 14.2 Å². The summed E-state index contributed by atoms with van der Waals surface area (Å²) in [5.74, 6) is 0.560. The highest BCUT2D eigenvalue weighted by Gasteiger charge is 2.13. The van der Waals surface area contributed by atoms with Gasteiger partial charge in [0.1, 0.15) is 6.54 Å². The predicted molar refractivity (Wildman–Crippen MR) is 96.9 cm³/mol. The normalized spacial score (nSPS) is 11.1. The van der Waals surface area contributed by atoms with Gasteiger partial charge in [0.25, 0.3) is 5.89 Å². The second-order valence-electron chi connectivity index (χ2n) is 6.18. The zero-order chi connectivity index (χ0) is 18.7. The van der Waals surface area contributed by atoms with Crippen molar-refractivity contribution in [3.8, 4) is 11.4 Å². The van der Waals surface area contributed by atoms with Crippen LogP contribution in [0.4, 0.5) is 0 Å². The summed E-state index contributed by atoms with van der Waals surface area (Å²) in [6, 6.07) is 7.91. The molecule has 0 N–H and O–H groups in total. The van der Waals surface area contributed by atoms with Crippen LogP contribution in [0.3, 0.4) is 0 Å². The number of aromatic nitrogens is 3. The van der Waals surface area contributed by atoms with E-state index in [2.05, 4.69) is 24.0 Å². The molecule has 2 heterocycles. The van der Waals surface area contributed by atoms with Crippen LogP contribution in [0.2, 0.25) is 0 Å². The van der Waals surface area contributed by atoms with Crippen molar-refractivity contribution in [2.24, 2.45) is 0 Å². The molecule has 0 bridgehead atoms. The van der Waals surface area contributed by atoms with E-state index in [0.717, 1.165) is 22.6 Å². The van der Waals surface area contributed by atoms with Crippen LogP contribution in [0.5, 0.6) is 0 Å². The Morgan fingerprint density at radius 2 is 2.04 bits per heavy atom. The van der Waals surface area contributed by atoms with E-state index in [9.17, 15) is 9.59 Å². The fourth-order valence-corrected chi connectivity index (χ4v) is 3.10. The molecular formula is C18H19N3O4S. The topological polar surface area (TPSA) is 87.2 Å². The van der Waals surface area contributed by atoms with Crippen LogP contribution in [0, 0.1) is 6.92 Å². The average molecular weight is 373 g/mol. The molecule has 0 unspecified atom stereocenters. The fraction of sp³-hybridized carbons (Fsp3) is 0.333. The number of hydrogen-bond acceptors (Lipinski definition) is 7. The van der Waals surface area contributed by atoms with Gasteiger partial charge >= 0.3 is 10.8 Å². The molecule has 3 rings (SSSR count). The lowest BCUT2D eigenvalue weighted by Gasteiger charge is -2.04. The molecule has 0 aliphatic carbocycles. The average Bonchev–Trinajstić information content (AvgIpc) is 3.22. The quantitative estimate of drug-likeness (QED) is 0.617. The molecule has 0 radical (unpaired) electrons. The number of carbonyl (C=O) groups is 1. The van der Waals surface area contributed by atoms with Gasteiger partial charge in [0, 0.05) is 16.6 Å². The maximum Gasteiger partial charge on any atom is 0.326 e. The summed E-state index contributed by atoms with van der Waals surface area (Å²) < 4.78 is 11.6. The van der Waals surface area contributed by atoms with Crippen LogP contribution < -0.4 is 4.87 Å². The second kappa shape index (κ2) is 7.65. The Morgan fingerprint density at radius 3 is 2.65 bits per heavy atom. The van der Waals surface area contributed by atoms with Crippen LogP contribution in [0.1, 0.15) is 36.9 Å². The minimum Gasteiger partial charge on any atom is -0.454 e. The highest BCUT2D eigenvalue weighted by atomic mass is 32.1. The molecule has 0 amide bonds. The Kier molecular flexibility index (Phi) is 5.32. The highest BCUT2D eigenvalue weighted by molar-refractivity contribution is 7.07. The third kappa shape index (κ3) is 4.08. The van der Waals surface area contributed by atoms with Crippen molar-refractivity contribution in [2.45, 2.75) is 39.8 Å². The summed E-state index contributed by atoms with van der Waals surface area (Å²) in [7, 11) is 0. The van der Waals surface area contributed by atoms with E-state index in [4.69, 9.17) is 9.26 Å². The number of thiazole rings is 1. The van der Waals surface area contributed by atoms with Crippen LogP contribution in [-0.2, 0) is 22.7 Å². The number of nitrogens with zero attached hydrogens (tertiary/aromatic N) is 3. The van der Waals surface area contributed by atoms with Gasteiger partial charge in [0.15, 0.2) is 6.61 Å². The van der Waals surface area contributed by atoms with Crippen molar-refractivity contribution in [3.05, 3.63) is 56.5 Å². The molecular weight excluding hydrogens is 354 g/mol.